The smallest absolute Gasteiger partial charge is 0.166 e. The Morgan fingerprint density at radius 2 is 1.87 bits per heavy atom. The molecule has 1 aliphatic rings. The summed E-state index contributed by atoms with van der Waals surface area (Å²) >= 11 is 0. The van der Waals surface area contributed by atoms with Gasteiger partial charge in [-0.3, -0.25) is 4.79 Å². The molecule has 0 heterocycles. The average Bonchev–Trinajstić information content (AvgIpc) is 3.12. The van der Waals surface area contributed by atoms with Gasteiger partial charge in [-0.1, -0.05) is 31.6 Å². The third-order valence-corrected chi connectivity index (χ3v) is 6.02. The first-order chi connectivity index (χ1) is 15.1. The van der Waals surface area contributed by atoms with Gasteiger partial charge in [0.25, 0.3) is 0 Å². The number of allylic oxidation sites excluding steroid dienone is 2. The zero-order chi connectivity index (χ0) is 23.2. The fraction of sp³-hybridized carbons (Fsp3) is 0.519. The van der Waals surface area contributed by atoms with E-state index in [1.54, 1.807) is 14.2 Å². The second-order valence-electron chi connectivity index (χ2n) is 7.81. The molecule has 1 aromatic rings. The Morgan fingerprint density at radius 1 is 1.19 bits per heavy atom. The van der Waals surface area contributed by atoms with Gasteiger partial charge in [0, 0.05) is 18.0 Å². The summed E-state index contributed by atoms with van der Waals surface area (Å²) in [6.45, 7) is 14.3. The van der Waals surface area contributed by atoms with Crippen molar-refractivity contribution in [2.75, 3.05) is 27.3 Å². The van der Waals surface area contributed by atoms with Gasteiger partial charge >= 0.3 is 0 Å². The Kier molecular flexibility index (Phi) is 12.6. The molecule has 0 fully saturated rings. The van der Waals surface area contributed by atoms with Crippen LogP contribution in [0.5, 0.6) is 11.5 Å². The van der Waals surface area contributed by atoms with Gasteiger partial charge in [-0.05, 0) is 75.3 Å². The van der Waals surface area contributed by atoms with Crippen LogP contribution in [0.4, 0.5) is 0 Å². The van der Waals surface area contributed by atoms with Crippen molar-refractivity contribution in [1.82, 2.24) is 5.32 Å². The van der Waals surface area contributed by atoms with Crippen molar-refractivity contribution in [2.45, 2.75) is 52.9 Å². The van der Waals surface area contributed by atoms with E-state index < -0.39 is 0 Å². The predicted octanol–water partition coefficient (Wildman–Crippen LogP) is 6.17. The van der Waals surface area contributed by atoms with Gasteiger partial charge in [-0.25, -0.2) is 0 Å². The minimum Gasteiger partial charge on any atom is -0.493 e. The first-order valence-corrected chi connectivity index (χ1v) is 11.4. The number of carbonyl (C=O) groups is 1. The highest BCUT2D eigenvalue weighted by Gasteiger charge is 2.32. The topological polar surface area (TPSA) is 47.6 Å². The molecule has 1 aromatic carbocycles. The summed E-state index contributed by atoms with van der Waals surface area (Å²) in [6, 6.07) is 3.82. The Labute approximate surface area is 189 Å². The van der Waals surface area contributed by atoms with Crippen LogP contribution in [0.3, 0.4) is 0 Å². The van der Waals surface area contributed by atoms with Crippen LogP contribution in [0.2, 0.25) is 0 Å². The second-order valence-corrected chi connectivity index (χ2v) is 7.81. The van der Waals surface area contributed by atoms with Crippen molar-refractivity contribution in [1.29, 1.82) is 0 Å². The lowest BCUT2D eigenvalue weighted by molar-refractivity contribution is 0.0925. The van der Waals surface area contributed by atoms with E-state index in [4.69, 9.17) is 9.47 Å². The SMILES string of the molecule is C/C=C\C(=C/C)CNCCC(CC)CCC1Cc2cc(OC)c(OC)cc2C1=O.C=C. The van der Waals surface area contributed by atoms with Gasteiger partial charge in [0.15, 0.2) is 17.3 Å². The highest BCUT2D eigenvalue weighted by Crippen LogP contribution is 2.38. The summed E-state index contributed by atoms with van der Waals surface area (Å²) in [5.74, 6) is 2.34. The molecule has 172 valence electrons. The van der Waals surface area contributed by atoms with Crippen LogP contribution in [-0.2, 0) is 6.42 Å². The Balaban J connectivity index is 0.00000233. The van der Waals surface area contributed by atoms with Crippen LogP contribution in [0.25, 0.3) is 0 Å². The van der Waals surface area contributed by atoms with E-state index in [0.717, 1.165) is 56.3 Å². The standard InChI is InChI=1S/C25H37NO3.C2H4/c1-6-9-19(8-3)17-26-13-12-18(7-2)10-11-20-14-21-15-23(28-4)24(29-5)16-22(21)25(20)27;1-2/h6,8-9,15-16,18,20,26H,7,10-14,17H2,1-5H3;1-2H2/b9-6-,19-8+;. The molecular weight excluding hydrogens is 386 g/mol. The monoisotopic (exact) mass is 427 g/mol. The number of hydrogen-bond acceptors (Lipinski definition) is 4. The molecule has 0 bridgehead atoms. The molecule has 0 aromatic heterocycles. The number of benzene rings is 1. The zero-order valence-corrected chi connectivity index (χ0v) is 20.1. The molecule has 0 saturated carbocycles. The van der Waals surface area contributed by atoms with Crippen molar-refractivity contribution in [3.8, 4) is 11.5 Å². The van der Waals surface area contributed by atoms with E-state index in [9.17, 15) is 4.79 Å². The lowest BCUT2D eigenvalue weighted by Crippen LogP contribution is -2.21. The van der Waals surface area contributed by atoms with Crippen molar-refractivity contribution >= 4 is 5.78 Å². The molecule has 0 aliphatic heterocycles. The van der Waals surface area contributed by atoms with Crippen molar-refractivity contribution in [2.24, 2.45) is 11.8 Å². The van der Waals surface area contributed by atoms with E-state index in [-0.39, 0.29) is 11.7 Å². The van der Waals surface area contributed by atoms with E-state index >= 15 is 0 Å². The molecule has 0 amide bonds. The molecule has 0 radical (unpaired) electrons. The molecule has 1 aliphatic carbocycles. The highest BCUT2D eigenvalue weighted by atomic mass is 16.5. The Morgan fingerprint density at radius 3 is 2.45 bits per heavy atom. The lowest BCUT2D eigenvalue weighted by atomic mass is 9.90. The minimum atomic E-state index is 0.0909. The Hall–Kier alpha value is -2.33. The van der Waals surface area contributed by atoms with Crippen LogP contribution < -0.4 is 14.8 Å². The van der Waals surface area contributed by atoms with Crippen LogP contribution in [0.1, 0.15) is 62.4 Å². The molecule has 31 heavy (non-hydrogen) atoms. The van der Waals surface area contributed by atoms with E-state index in [2.05, 4.69) is 50.6 Å². The molecule has 2 atom stereocenters. The quantitative estimate of drug-likeness (QED) is 0.246. The van der Waals surface area contributed by atoms with Gasteiger partial charge in [0.05, 0.1) is 14.2 Å². The van der Waals surface area contributed by atoms with E-state index in [1.807, 2.05) is 19.1 Å². The van der Waals surface area contributed by atoms with Crippen LogP contribution in [-0.4, -0.2) is 33.1 Å². The van der Waals surface area contributed by atoms with Gasteiger partial charge in [0.2, 0.25) is 0 Å². The third-order valence-electron chi connectivity index (χ3n) is 6.02. The maximum Gasteiger partial charge on any atom is 0.166 e. The van der Waals surface area contributed by atoms with E-state index in [0.29, 0.717) is 17.4 Å². The summed E-state index contributed by atoms with van der Waals surface area (Å²) < 4.78 is 10.8. The van der Waals surface area contributed by atoms with E-state index in [1.165, 1.54) is 5.57 Å². The number of hydrogen-bond donors (Lipinski definition) is 1. The van der Waals surface area contributed by atoms with Gasteiger partial charge in [-0.2, -0.15) is 0 Å². The predicted molar refractivity (Wildman–Crippen MR) is 131 cm³/mol. The van der Waals surface area contributed by atoms with Crippen molar-refractivity contribution < 1.29 is 14.3 Å². The normalized spacial score (nSPS) is 16.6. The number of rotatable bonds is 12. The number of ketones is 1. The van der Waals surface area contributed by atoms with Gasteiger partial charge < -0.3 is 14.8 Å². The largest absolute Gasteiger partial charge is 0.493 e. The number of carbonyl (C=O) groups excluding carboxylic acids is 1. The summed E-state index contributed by atoms with van der Waals surface area (Å²) in [7, 11) is 3.25. The summed E-state index contributed by atoms with van der Waals surface area (Å²) in [6.07, 6.45) is 11.6. The van der Waals surface area contributed by atoms with Gasteiger partial charge in [-0.15, -0.1) is 13.2 Å². The average molecular weight is 428 g/mol. The summed E-state index contributed by atoms with van der Waals surface area (Å²) in [4.78, 5) is 12.9. The second kappa shape index (κ2) is 14.6. The molecule has 4 nitrogen and oxygen atoms in total. The zero-order valence-electron chi connectivity index (χ0n) is 20.1. The minimum absolute atomic E-state index is 0.0909. The summed E-state index contributed by atoms with van der Waals surface area (Å²) in [5, 5.41) is 3.55. The fourth-order valence-corrected chi connectivity index (χ4v) is 4.13. The Bertz CT molecular complexity index is 751. The number of methoxy groups -OCH3 is 2. The maximum atomic E-state index is 12.9. The summed E-state index contributed by atoms with van der Waals surface area (Å²) in [5.41, 5.74) is 3.22. The maximum absolute atomic E-state index is 12.9. The lowest BCUT2D eigenvalue weighted by Gasteiger charge is -2.17. The fourth-order valence-electron chi connectivity index (χ4n) is 4.13. The van der Waals surface area contributed by atoms with Crippen LogP contribution in [0.15, 0.2) is 49.1 Å². The number of fused-ring (bicyclic) bond motifs is 1. The van der Waals surface area contributed by atoms with Crippen molar-refractivity contribution in [3.05, 3.63) is 60.2 Å². The third kappa shape index (κ3) is 7.70. The molecule has 1 N–H and O–H groups in total. The number of nitrogens with one attached hydrogen (secondary N) is 1. The molecule has 2 rings (SSSR count). The van der Waals surface area contributed by atoms with Crippen LogP contribution in [0, 0.1) is 11.8 Å². The first kappa shape index (κ1) is 26.7. The van der Waals surface area contributed by atoms with Gasteiger partial charge in [0.1, 0.15) is 0 Å². The van der Waals surface area contributed by atoms with Crippen LogP contribution >= 0.6 is 0 Å². The van der Waals surface area contributed by atoms with Crippen molar-refractivity contribution in [3.63, 3.8) is 0 Å². The molecule has 2 unspecified atom stereocenters. The molecule has 0 saturated heterocycles. The number of Topliss-reactive ketones (excluding diaryl/α,β-unsaturated/α-hetero) is 1. The molecular formula is C27H41NO3. The molecule has 0 spiro atoms. The first-order valence-electron chi connectivity index (χ1n) is 11.4. The highest BCUT2D eigenvalue weighted by molar-refractivity contribution is 6.02. The molecule has 4 heteroatoms. The number of ether oxygens (including phenoxy) is 2.